The van der Waals surface area contributed by atoms with E-state index in [2.05, 4.69) is 4.98 Å². The summed E-state index contributed by atoms with van der Waals surface area (Å²) in [7, 11) is 0. The summed E-state index contributed by atoms with van der Waals surface area (Å²) in [5, 5.41) is 9.30. The molecule has 18 heavy (non-hydrogen) atoms. The number of aromatic carboxylic acids is 1. The number of benzene rings is 1. The quantitative estimate of drug-likeness (QED) is 0.854. The lowest BCUT2D eigenvalue weighted by molar-refractivity contribution is 0.0692. The van der Waals surface area contributed by atoms with Crippen LogP contribution in [-0.4, -0.2) is 16.1 Å². The lowest BCUT2D eigenvalue weighted by Crippen LogP contribution is -2.01. The van der Waals surface area contributed by atoms with Gasteiger partial charge in [-0.05, 0) is 19.1 Å². The lowest BCUT2D eigenvalue weighted by atomic mass is 10.1. The second-order valence-corrected chi connectivity index (χ2v) is 4.64. The van der Waals surface area contributed by atoms with Crippen molar-refractivity contribution in [2.45, 2.75) is 6.92 Å². The Morgan fingerprint density at radius 3 is 2.56 bits per heavy atom. The first-order valence-corrected chi connectivity index (χ1v) is 5.58. The minimum atomic E-state index is -1.63. The summed E-state index contributed by atoms with van der Waals surface area (Å²) in [5.74, 6) is -5.72. The van der Waals surface area contributed by atoms with Crippen LogP contribution in [-0.2, 0) is 0 Å². The molecule has 0 bridgehead atoms. The number of carboxylic acid groups (broad SMARTS) is 1. The summed E-state index contributed by atoms with van der Waals surface area (Å²) in [4.78, 5) is 14.6. The fourth-order valence-corrected chi connectivity index (χ4v) is 2.39. The van der Waals surface area contributed by atoms with E-state index < -0.39 is 23.4 Å². The van der Waals surface area contributed by atoms with E-state index >= 15 is 0 Å². The van der Waals surface area contributed by atoms with Gasteiger partial charge in [0.2, 0.25) is 0 Å². The number of hydrogen-bond acceptors (Lipinski definition) is 3. The molecule has 1 N–H and O–H groups in total. The van der Waals surface area contributed by atoms with E-state index in [4.69, 9.17) is 5.11 Å². The standard InChI is InChI=1S/C11H6F3NO2S/c1-4-15-9(11(16)17)10(18-4)5-2-3-6(12)8(14)7(5)13/h2-3H,1H3,(H,16,17). The largest absolute Gasteiger partial charge is 0.476 e. The van der Waals surface area contributed by atoms with Crippen LogP contribution in [0.2, 0.25) is 0 Å². The number of aromatic nitrogens is 1. The maximum atomic E-state index is 13.6. The zero-order valence-electron chi connectivity index (χ0n) is 9.00. The highest BCUT2D eigenvalue weighted by molar-refractivity contribution is 7.15. The molecule has 2 rings (SSSR count). The maximum Gasteiger partial charge on any atom is 0.356 e. The Morgan fingerprint density at radius 2 is 1.94 bits per heavy atom. The Hall–Kier alpha value is -1.89. The van der Waals surface area contributed by atoms with Crippen molar-refractivity contribution < 1.29 is 23.1 Å². The number of thiazole rings is 1. The van der Waals surface area contributed by atoms with Gasteiger partial charge in [0.25, 0.3) is 0 Å². The molecule has 0 fully saturated rings. The molecule has 0 atom stereocenters. The molecule has 2 aromatic rings. The third-order valence-corrected chi connectivity index (χ3v) is 3.22. The van der Waals surface area contributed by atoms with E-state index in [9.17, 15) is 18.0 Å². The zero-order valence-corrected chi connectivity index (χ0v) is 9.82. The second kappa shape index (κ2) is 4.41. The molecule has 1 aromatic heterocycles. The number of carbonyl (C=O) groups is 1. The Morgan fingerprint density at radius 1 is 1.28 bits per heavy atom. The van der Waals surface area contributed by atoms with E-state index in [-0.39, 0.29) is 16.1 Å². The summed E-state index contributed by atoms with van der Waals surface area (Å²) in [5.41, 5.74) is -0.681. The number of carboxylic acids is 1. The first-order valence-electron chi connectivity index (χ1n) is 4.76. The third-order valence-electron chi connectivity index (χ3n) is 2.22. The molecule has 7 heteroatoms. The van der Waals surface area contributed by atoms with Gasteiger partial charge in [-0.3, -0.25) is 0 Å². The van der Waals surface area contributed by atoms with Crippen molar-refractivity contribution in [1.82, 2.24) is 4.98 Å². The monoisotopic (exact) mass is 273 g/mol. The van der Waals surface area contributed by atoms with Gasteiger partial charge in [0.05, 0.1) is 9.88 Å². The molecule has 0 saturated heterocycles. The highest BCUT2D eigenvalue weighted by Gasteiger charge is 2.22. The van der Waals surface area contributed by atoms with Crippen LogP contribution >= 0.6 is 11.3 Å². The van der Waals surface area contributed by atoms with Crippen molar-refractivity contribution in [3.63, 3.8) is 0 Å². The van der Waals surface area contributed by atoms with Crippen molar-refractivity contribution in [1.29, 1.82) is 0 Å². The van der Waals surface area contributed by atoms with Gasteiger partial charge in [0.15, 0.2) is 23.1 Å². The molecule has 1 heterocycles. The minimum absolute atomic E-state index is 0.0311. The van der Waals surface area contributed by atoms with Crippen LogP contribution in [0.4, 0.5) is 13.2 Å². The molecule has 0 aliphatic heterocycles. The fourth-order valence-electron chi connectivity index (χ4n) is 1.46. The first kappa shape index (κ1) is 12.6. The summed E-state index contributed by atoms with van der Waals surface area (Å²) in [6.07, 6.45) is 0. The summed E-state index contributed by atoms with van der Waals surface area (Å²) < 4.78 is 39.5. The van der Waals surface area contributed by atoms with E-state index in [1.54, 1.807) is 6.92 Å². The second-order valence-electron chi connectivity index (χ2n) is 3.44. The van der Waals surface area contributed by atoms with Crippen LogP contribution < -0.4 is 0 Å². The van der Waals surface area contributed by atoms with Crippen molar-refractivity contribution in [3.8, 4) is 10.4 Å². The highest BCUT2D eigenvalue weighted by Crippen LogP contribution is 2.33. The molecule has 94 valence electrons. The average molecular weight is 273 g/mol. The molecular formula is C11H6F3NO2S. The van der Waals surface area contributed by atoms with E-state index in [1.807, 2.05) is 0 Å². The number of aryl methyl sites for hydroxylation is 1. The van der Waals surface area contributed by atoms with Crippen molar-refractivity contribution >= 4 is 17.3 Å². The summed E-state index contributed by atoms with van der Waals surface area (Å²) in [6.45, 7) is 1.54. The van der Waals surface area contributed by atoms with Gasteiger partial charge in [-0.2, -0.15) is 0 Å². The zero-order chi connectivity index (χ0) is 13.4. The number of halogens is 3. The van der Waals surface area contributed by atoms with Gasteiger partial charge in [0.1, 0.15) is 0 Å². The lowest BCUT2D eigenvalue weighted by Gasteiger charge is -2.02. The number of nitrogens with zero attached hydrogens (tertiary/aromatic N) is 1. The van der Waals surface area contributed by atoms with E-state index in [0.29, 0.717) is 5.01 Å². The SMILES string of the molecule is Cc1nc(C(=O)O)c(-c2ccc(F)c(F)c2F)s1. The Labute approximate surface area is 104 Å². The topological polar surface area (TPSA) is 50.2 Å². The molecule has 0 radical (unpaired) electrons. The van der Waals surface area contributed by atoms with Gasteiger partial charge >= 0.3 is 5.97 Å². The third kappa shape index (κ3) is 1.97. The maximum absolute atomic E-state index is 13.6. The van der Waals surface area contributed by atoms with E-state index in [1.165, 1.54) is 0 Å². The Balaban J connectivity index is 2.70. The molecule has 0 unspecified atom stereocenters. The van der Waals surface area contributed by atoms with Gasteiger partial charge in [-0.25, -0.2) is 22.9 Å². The van der Waals surface area contributed by atoms with E-state index in [0.717, 1.165) is 23.5 Å². The van der Waals surface area contributed by atoms with Crippen molar-refractivity contribution in [3.05, 3.63) is 40.3 Å². The molecule has 3 nitrogen and oxygen atoms in total. The minimum Gasteiger partial charge on any atom is -0.476 e. The molecule has 0 amide bonds. The first-order chi connectivity index (χ1) is 8.41. The van der Waals surface area contributed by atoms with Gasteiger partial charge in [-0.1, -0.05) is 0 Å². The van der Waals surface area contributed by atoms with Crippen LogP contribution in [0.5, 0.6) is 0 Å². The van der Waals surface area contributed by atoms with Crippen LogP contribution in [0, 0.1) is 24.4 Å². The summed E-state index contributed by atoms with van der Waals surface area (Å²) >= 11 is 0.903. The normalized spacial score (nSPS) is 10.7. The average Bonchev–Trinajstić information content (AvgIpc) is 2.68. The molecule has 0 spiro atoms. The number of rotatable bonds is 2. The van der Waals surface area contributed by atoms with Crippen LogP contribution in [0.3, 0.4) is 0 Å². The van der Waals surface area contributed by atoms with Crippen LogP contribution in [0.1, 0.15) is 15.5 Å². The van der Waals surface area contributed by atoms with Crippen molar-refractivity contribution in [2.75, 3.05) is 0 Å². The molecule has 1 aromatic carbocycles. The van der Waals surface area contributed by atoms with Gasteiger partial charge in [0, 0.05) is 5.56 Å². The molecule has 0 aliphatic rings. The Kier molecular flexibility index (Phi) is 3.08. The molecule has 0 aliphatic carbocycles. The fraction of sp³-hybridized carbons (Fsp3) is 0.0909. The smallest absolute Gasteiger partial charge is 0.356 e. The summed E-state index contributed by atoms with van der Waals surface area (Å²) in [6, 6.07) is 1.74. The molecular weight excluding hydrogens is 267 g/mol. The highest BCUT2D eigenvalue weighted by atomic mass is 32.1. The Bertz CT molecular complexity index is 639. The number of hydrogen-bond donors (Lipinski definition) is 1. The van der Waals surface area contributed by atoms with Crippen molar-refractivity contribution in [2.24, 2.45) is 0 Å². The van der Waals surface area contributed by atoms with Crippen LogP contribution in [0.15, 0.2) is 12.1 Å². The predicted molar refractivity (Wildman–Crippen MR) is 59.1 cm³/mol. The predicted octanol–water partition coefficient (Wildman–Crippen LogP) is 3.23. The van der Waals surface area contributed by atoms with Gasteiger partial charge in [-0.15, -0.1) is 11.3 Å². The van der Waals surface area contributed by atoms with Crippen LogP contribution in [0.25, 0.3) is 10.4 Å². The molecule has 0 saturated carbocycles. The van der Waals surface area contributed by atoms with Gasteiger partial charge < -0.3 is 5.11 Å².